The van der Waals surface area contributed by atoms with Crippen molar-refractivity contribution >= 4 is 21.6 Å². The molecule has 0 spiro atoms. The molecule has 0 saturated heterocycles. The van der Waals surface area contributed by atoms with E-state index in [0.717, 1.165) is 36.6 Å². The Balaban J connectivity index is 1.81. The van der Waals surface area contributed by atoms with E-state index < -0.39 is 10.0 Å². The Labute approximate surface area is 186 Å². The van der Waals surface area contributed by atoms with Gasteiger partial charge in [-0.15, -0.1) is 0 Å². The third-order valence-electron chi connectivity index (χ3n) is 6.03. The van der Waals surface area contributed by atoms with Crippen LogP contribution in [0.5, 0.6) is 0 Å². The number of carbonyl (C=O) groups excluding carboxylic acids is 1. The minimum Gasteiger partial charge on any atom is -0.348 e. The maximum absolute atomic E-state index is 13.0. The molecule has 31 heavy (non-hydrogen) atoms. The van der Waals surface area contributed by atoms with Crippen LogP contribution in [0, 0.1) is 0 Å². The maximum Gasteiger partial charge on any atom is 0.241 e. The number of fused-ring (bicyclic) bond motifs is 1. The molecule has 1 atom stereocenters. The summed E-state index contributed by atoms with van der Waals surface area (Å²) in [5.74, 6) is -0.157. The second kappa shape index (κ2) is 9.86. The van der Waals surface area contributed by atoms with Gasteiger partial charge in [-0.05, 0) is 66.3 Å². The van der Waals surface area contributed by atoms with Crippen LogP contribution in [0.1, 0.15) is 74.2 Å². The van der Waals surface area contributed by atoms with Crippen molar-refractivity contribution in [1.82, 2.24) is 5.32 Å². The zero-order valence-electron chi connectivity index (χ0n) is 19.0. The third kappa shape index (κ3) is 5.67. The fourth-order valence-electron chi connectivity index (χ4n) is 4.35. The van der Waals surface area contributed by atoms with E-state index >= 15 is 0 Å². The van der Waals surface area contributed by atoms with Gasteiger partial charge in [0, 0.05) is 0 Å². The lowest BCUT2D eigenvalue weighted by Crippen LogP contribution is -2.42. The fraction of sp³-hybridized carbons (Fsp3) is 0.480. The number of carbonyl (C=O) groups is 1. The van der Waals surface area contributed by atoms with Crippen LogP contribution in [0.3, 0.4) is 0 Å². The number of hydrogen-bond donors (Lipinski definition) is 1. The lowest BCUT2D eigenvalue weighted by atomic mass is 9.89. The molecule has 0 aromatic heterocycles. The van der Waals surface area contributed by atoms with Gasteiger partial charge in [0.15, 0.2) is 0 Å². The number of amides is 1. The summed E-state index contributed by atoms with van der Waals surface area (Å²) in [7, 11) is -3.62. The van der Waals surface area contributed by atoms with Crippen molar-refractivity contribution < 1.29 is 13.2 Å². The number of nitrogens with one attached hydrogen (secondary N) is 1. The quantitative estimate of drug-likeness (QED) is 0.643. The molecule has 0 unspecified atom stereocenters. The van der Waals surface area contributed by atoms with Crippen LogP contribution in [0.2, 0.25) is 0 Å². The van der Waals surface area contributed by atoms with Gasteiger partial charge < -0.3 is 5.32 Å². The summed E-state index contributed by atoms with van der Waals surface area (Å²) < 4.78 is 26.4. The summed E-state index contributed by atoms with van der Waals surface area (Å²) in [4.78, 5) is 13.0. The van der Waals surface area contributed by atoms with Crippen molar-refractivity contribution in [2.75, 3.05) is 17.1 Å². The Morgan fingerprint density at radius 3 is 2.39 bits per heavy atom. The first-order valence-electron chi connectivity index (χ1n) is 11.2. The van der Waals surface area contributed by atoms with Crippen molar-refractivity contribution in [1.29, 1.82) is 0 Å². The lowest BCUT2D eigenvalue weighted by Gasteiger charge is -2.27. The van der Waals surface area contributed by atoms with Crippen LogP contribution >= 0.6 is 0 Å². The number of benzene rings is 2. The topological polar surface area (TPSA) is 66.5 Å². The first-order valence-corrected chi connectivity index (χ1v) is 13.0. The average Bonchev–Trinajstić information content (AvgIpc) is 2.74. The molecule has 1 aliphatic rings. The summed E-state index contributed by atoms with van der Waals surface area (Å²) in [6.07, 6.45) is 6.54. The Morgan fingerprint density at radius 2 is 1.74 bits per heavy atom. The highest BCUT2D eigenvalue weighted by Gasteiger charge is 2.25. The highest BCUT2D eigenvalue weighted by atomic mass is 32.2. The molecule has 168 valence electrons. The predicted octanol–water partition coefficient (Wildman–Crippen LogP) is 4.72. The van der Waals surface area contributed by atoms with Gasteiger partial charge in [0.25, 0.3) is 0 Å². The van der Waals surface area contributed by atoms with Crippen molar-refractivity contribution in [2.24, 2.45) is 0 Å². The van der Waals surface area contributed by atoms with E-state index in [4.69, 9.17) is 0 Å². The summed E-state index contributed by atoms with van der Waals surface area (Å²) in [6.45, 7) is 5.84. The molecule has 2 aromatic carbocycles. The van der Waals surface area contributed by atoms with E-state index in [0.29, 0.717) is 5.69 Å². The van der Waals surface area contributed by atoms with Crippen molar-refractivity contribution in [3.05, 3.63) is 64.7 Å². The summed E-state index contributed by atoms with van der Waals surface area (Å²) in [6, 6.07) is 13.7. The number of aryl methyl sites for hydroxylation is 2. The second-order valence-corrected chi connectivity index (χ2v) is 10.7. The summed E-state index contributed by atoms with van der Waals surface area (Å²) in [5.41, 5.74) is 5.34. The number of hydrogen-bond acceptors (Lipinski definition) is 3. The molecule has 1 amide bonds. The smallest absolute Gasteiger partial charge is 0.241 e. The normalized spacial score (nSPS) is 14.7. The fourth-order valence-corrected chi connectivity index (χ4v) is 5.22. The zero-order chi connectivity index (χ0) is 22.6. The first kappa shape index (κ1) is 23.3. The van der Waals surface area contributed by atoms with Crippen LogP contribution < -0.4 is 9.62 Å². The Morgan fingerprint density at radius 1 is 1.06 bits per heavy atom. The van der Waals surface area contributed by atoms with E-state index in [9.17, 15) is 13.2 Å². The van der Waals surface area contributed by atoms with Gasteiger partial charge in [0.1, 0.15) is 6.54 Å². The van der Waals surface area contributed by atoms with Crippen molar-refractivity contribution in [3.63, 3.8) is 0 Å². The Bertz CT molecular complexity index is 1030. The minimum absolute atomic E-state index is 0.138. The van der Waals surface area contributed by atoms with Crippen LogP contribution in [0.4, 0.5) is 5.69 Å². The van der Waals surface area contributed by atoms with Crippen molar-refractivity contribution in [3.8, 4) is 0 Å². The molecule has 2 aromatic rings. The third-order valence-corrected chi connectivity index (χ3v) is 7.16. The lowest BCUT2D eigenvalue weighted by molar-refractivity contribution is -0.120. The van der Waals surface area contributed by atoms with Gasteiger partial charge >= 0.3 is 0 Å². The zero-order valence-corrected chi connectivity index (χ0v) is 19.8. The molecule has 0 saturated carbocycles. The van der Waals surface area contributed by atoms with E-state index in [1.807, 2.05) is 32.9 Å². The SMILES string of the molecule is CC[C@H](NC(=O)CN(c1ccccc1C(C)C)S(C)(=O)=O)c1ccc2c(c1)CCCC2. The number of anilines is 1. The largest absolute Gasteiger partial charge is 0.348 e. The van der Waals surface area contributed by atoms with Crippen LogP contribution in [0.15, 0.2) is 42.5 Å². The monoisotopic (exact) mass is 442 g/mol. The molecule has 5 nitrogen and oxygen atoms in total. The standard InChI is InChI=1S/C25H34N2O3S/c1-5-23(21-15-14-19-10-6-7-11-20(19)16-21)26-25(28)17-27(31(4,29)30)24-13-9-8-12-22(24)18(2)3/h8-9,12-16,18,23H,5-7,10-11,17H2,1-4H3,(H,26,28)/t23-/m0/s1. The molecule has 0 radical (unpaired) electrons. The van der Waals surface area contributed by atoms with Gasteiger partial charge in [-0.25, -0.2) is 8.42 Å². The molecule has 1 N–H and O–H groups in total. The molecular formula is C25H34N2O3S. The van der Waals surface area contributed by atoms with E-state index in [1.165, 1.54) is 28.3 Å². The molecular weight excluding hydrogens is 408 g/mol. The van der Waals surface area contributed by atoms with Crippen molar-refractivity contribution in [2.45, 2.75) is 64.8 Å². The van der Waals surface area contributed by atoms with Crippen LogP contribution in [-0.2, 0) is 27.7 Å². The Hall–Kier alpha value is -2.34. The number of rotatable bonds is 8. The van der Waals surface area contributed by atoms with Gasteiger partial charge in [-0.3, -0.25) is 9.10 Å². The highest BCUT2D eigenvalue weighted by molar-refractivity contribution is 7.92. The molecule has 6 heteroatoms. The van der Waals surface area contributed by atoms with Gasteiger partial charge in [-0.1, -0.05) is 57.2 Å². The van der Waals surface area contributed by atoms with E-state index in [1.54, 1.807) is 12.1 Å². The second-order valence-electron chi connectivity index (χ2n) is 8.75. The minimum atomic E-state index is -3.62. The Kier molecular flexibility index (Phi) is 7.42. The average molecular weight is 443 g/mol. The van der Waals surface area contributed by atoms with E-state index in [-0.39, 0.29) is 24.4 Å². The predicted molar refractivity (Wildman–Crippen MR) is 127 cm³/mol. The molecule has 0 aliphatic heterocycles. The molecule has 0 heterocycles. The molecule has 1 aliphatic carbocycles. The number of sulfonamides is 1. The highest BCUT2D eigenvalue weighted by Crippen LogP contribution is 2.29. The molecule has 3 rings (SSSR count). The van der Waals surface area contributed by atoms with Gasteiger partial charge in [-0.2, -0.15) is 0 Å². The summed E-state index contributed by atoms with van der Waals surface area (Å²) in [5, 5.41) is 3.07. The van der Waals surface area contributed by atoms with Crippen LogP contribution in [0.25, 0.3) is 0 Å². The van der Waals surface area contributed by atoms with Crippen LogP contribution in [-0.4, -0.2) is 27.1 Å². The first-order chi connectivity index (χ1) is 14.7. The molecule has 0 fully saturated rings. The van der Waals surface area contributed by atoms with Gasteiger partial charge in [0.05, 0.1) is 18.0 Å². The number of para-hydroxylation sites is 1. The summed E-state index contributed by atoms with van der Waals surface area (Å²) >= 11 is 0. The maximum atomic E-state index is 13.0. The number of nitrogens with zero attached hydrogens (tertiary/aromatic N) is 1. The molecule has 0 bridgehead atoms. The van der Waals surface area contributed by atoms with E-state index in [2.05, 4.69) is 23.5 Å². The van der Waals surface area contributed by atoms with Gasteiger partial charge in [0.2, 0.25) is 15.9 Å².